The molecule has 1 N–H and O–H groups in total. The summed E-state index contributed by atoms with van der Waals surface area (Å²) in [4.78, 5) is 29.1. The maximum absolute atomic E-state index is 14.4. The van der Waals surface area contributed by atoms with E-state index in [1.165, 1.54) is 75.7 Å². The van der Waals surface area contributed by atoms with Crippen LogP contribution in [-0.2, 0) is 32.6 Å². The Balaban J connectivity index is 1.81. The molecule has 4 rings (SSSR count). The van der Waals surface area contributed by atoms with Crippen LogP contribution in [-0.4, -0.2) is 66.1 Å². The third-order valence-electron chi connectivity index (χ3n) is 7.34. The van der Waals surface area contributed by atoms with E-state index < -0.39 is 34.4 Å². The van der Waals surface area contributed by atoms with Crippen molar-refractivity contribution in [3.05, 3.63) is 113 Å². The molecule has 242 valence electrons. The fourth-order valence-electron chi connectivity index (χ4n) is 4.93. The van der Waals surface area contributed by atoms with Gasteiger partial charge in [-0.25, -0.2) is 8.42 Å². The van der Waals surface area contributed by atoms with Gasteiger partial charge in [-0.1, -0.05) is 54.1 Å². The van der Waals surface area contributed by atoms with Crippen molar-refractivity contribution >= 4 is 39.1 Å². The second kappa shape index (κ2) is 15.5. The van der Waals surface area contributed by atoms with Gasteiger partial charge in [0, 0.05) is 31.1 Å². The van der Waals surface area contributed by atoms with E-state index in [1.807, 2.05) is 36.4 Å². The van der Waals surface area contributed by atoms with Gasteiger partial charge < -0.3 is 24.4 Å². The SMILES string of the molecule is CNC(=O)C(Cc1ccccc1)N(Cc1cccc(OC)c1)C(=O)CN(c1ccc(Cl)cc1)S(=O)(=O)c1ccc(OC)c(OC)c1. The maximum Gasteiger partial charge on any atom is 0.264 e. The van der Waals surface area contributed by atoms with Crippen molar-refractivity contribution < 1.29 is 32.2 Å². The molecule has 0 saturated carbocycles. The summed E-state index contributed by atoms with van der Waals surface area (Å²) >= 11 is 6.13. The fourth-order valence-corrected chi connectivity index (χ4v) is 6.48. The fraction of sp³-hybridized carbons (Fsp3) is 0.235. The van der Waals surface area contributed by atoms with E-state index in [2.05, 4.69) is 5.32 Å². The molecule has 4 aromatic carbocycles. The number of halogens is 1. The molecule has 0 heterocycles. The van der Waals surface area contributed by atoms with Gasteiger partial charge in [0.15, 0.2) is 11.5 Å². The van der Waals surface area contributed by atoms with E-state index in [1.54, 1.807) is 18.2 Å². The highest BCUT2D eigenvalue weighted by atomic mass is 35.5. The lowest BCUT2D eigenvalue weighted by molar-refractivity contribution is -0.139. The molecule has 0 aliphatic rings. The zero-order valence-electron chi connectivity index (χ0n) is 26.0. The molecule has 0 aromatic heterocycles. The number of nitrogens with zero attached hydrogens (tertiary/aromatic N) is 2. The number of rotatable bonds is 14. The van der Waals surface area contributed by atoms with Gasteiger partial charge in [0.05, 0.1) is 31.9 Å². The van der Waals surface area contributed by atoms with Gasteiger partial charge in [0.2, 0.25) is 11.8 Å². The molecule has 46 heavy (non-hydrogen) atoms. The molecule has 4 aromatic rings. The Morgan fingerprint density at radius 1 is 0.804 bits per heavy atom. The summed E-state index contributed by atoms with van der Waals surface area (Å²) in [6.07, 6.45) is 0.194. The maximum atomic E-state index is 14.4. The lowest BCUT2D eigenvalue weighted by Crippen LogP contribution is -2.53. The van der Waals surface area contributed by atoms with Gasteiger partial charge in [-0.15, -0.1) is 0 Å². The van der Waals surface area contributed by atoms with E-state index in [-0.39, 0.29) is 29.3 Å². The predicted octanol–water partition coefficient (Wildman–Crippen LogP) is 4.95. The molecule has 0 aliphatic heterocycles. The largest absolute Gasteiger partial charge is 0.497 e. The van der Waals surface area contributed by atoms with E-state index in [9.17, 15) is 18.0 Å². The first-order valence-corrected chi connectivity index (χ1v) is 16.1. The molecule has 2 amide bonds. The van der Waals surface area contributed by atoms with Crippen molar-refractivity contribution in [2.24, 2.45) is 0 Å². The predicted molar refractivity (Wildman–Crippen MR) is 177 cm³/mol. The van der Waals surface area contributed by atoms with Crippen LogP contribution in [0, 0.1) is 0 Å². The summed E-state index contributed by atoms with van der Waals surface area (Å²) in [6.45, 7) is -0.615. The number of carbonyl (C=O) groups is 2. The van der Waals surface area contributed by atoms with Crippen molar-refractivity contribution in [3.8, 4) is 17.2 Å². The second-order valence-corrected chi connectivity index (χ2v) is 12.5. The van der Waals surface area contributed by atoms with E-state index in [0.717, 1.165) is 9.87 Å². The quantitative estimate of drug-likeness (QED) is 0.203. The van der Waals surface area contributed by atoms with Crippen LogP contribution >= 0.6 is 11.6 Å². The normalized spacial score (nSPS) is 11.7. The zero-order chi connectivity index (χ0) is 33.3. The monoisotopic (exact) mass is 665 g/mol. The highest BCUT2D eigenvalue weighted by Gasteiger charge is 2.34. The van der Waals surface area contributed by atoms with Crippen molar-refractivity contribution in [3.63, 3.8) is 0 Å². The molecule has 0 bridgehead atoms. The van der Waals surface area contributed by atoms with Crippen LogP contribution in [0.1, 0.15) is 11.1 Å². The van der Waals surface area contributed by atoms with Gasteiger partial charge in [0.25, 0.3) is 10.0 Å². The number of benzene rings is 4. The first-order chi connectivity index (χ1) is 22.1. The van der Waals surface area contributed by atoms with Crippen LogP contribution < -0.4 is 23.8 Å². The zero-order valence-corrected chi connectivity index (χ0v) is 27.5. The van der Waals surface area contributed by atoms with E-state index in [0.29, 0.717) is 22.1 Å². The molecule has 0 spiro atoms. The highest BCUT2D eigenvalue weighted by Crippen LogP contribution is 2.33. The van der Waals surface area contributed by atoms with Crippen LogP contribution in [0.25, 0.3) is 0 Å². The van der Waals surface area contributed by atoms with Crippen LogP contribution in [0.15, 0.2) is 102 Å². The van der Waals surface area contributed by atoms with E-state index >= 15 is 0 Å². The summed E-state index contributed by atoms with van der Waals surface area (Å²) in [6, 6.07) is 25.7. The minimum absolute atomic E-state index is 0.00577. The number of likely N-dealkylation sites (N-methyl/N-ethyl adjacent to an activating group) is 1. The molecule has 1 atom stereocenters. The molecular formula is C34H36ClN3O7S. The number of carbonyl (C=O) groups excluding carboxylic acids is 2. The number of sulfonamides is 1. The van der Waals surface area contributed by atoms with Crippen molar-refractivity contribution in [2.45, 2.75) is 23.9 Å². The Kier molecular flexibility index (Phi) is 11.5. The van der Waals surface area contributed by atoms with Crippen LogP contribution in [0.4, 0.5) is 5.69 Å². The van der Waals surface area contributed by atoms with Gasteiger partial charge in [-0.3, -0.25) is 13.9 Å². The first-order valence-electron chi connectivity index (χ1n) is 14.3. The molecule has 0 aliphatic carbocycles. The summed E-state index contributed by atoms with van der Waals surface area (Å²) < 4.78 is 45.5. The minimum Gasteiger partial charge on any atom is -0.497 e. The topological polar surface area (TPSA) is 114 Å². The summed E-state index contributed by atoms with van der Waals surface area (Å²) in [7, 11) is 1.52. The molecule has 1 unspecified atom stereocenters. The third kappa shape index (κ3) is 8.09. The highest BCUT2D eigenvalue weighted by molar-refractivity contribution is 7.92. The van der Waals surface area contributed by atoms with Crippen molar-refractivity contribution in [1.29, 1.82) is 0 Å². The average molecular weight is 666 g/mol. The standard InChI is InChI=1S/C34H36ClN3O7S/c1-36-34(40)30(20-24-9-6-5-7-10-24)37(22-25-11-8-12-28(19-25)43-2)33(39)23-38(27-15-13-26(35)14-16-27)46(41,42)29-17-18-31(44-3)32(21-29)45-4/h5-19,21,30H,20,22-23H2,1-4H3,(H,36,40). The number of hydrogen-bond acceptors (Lipinski definition) is 7. The molecule has 0 radical (unpaired) electrons. The van der Waals surface area contributed by atoms with Gasteiger partial charge >= 0.3 is 0 Å². The Bertz CT molecular complexity index is 1750. The Morgan fingerprint density at radius 3 is 2.11 bits per heavy atom. The van der Waals surface area contributed by atoms with Crippen LogP contribution in [0.2, 0.25) is 5.02 Å². The molecule has 12 heteroatoms. The summed E-state index contributed by atoms with van der Waals surface area (Å²) in [5.74, 6) is 0.109. The van der Waals surface area contributed by atoms with Crippen LogP contribution in [0.5, 0.6) is 17.2 Å². The van der Waals surface area contributed by atoms with Crippen molar-refractivity contribution in [1.82, 2.24) is 10.2 Å². The number of ether oxygens (including phenoxy) is 3. The van der Waals surface area contributed by atoms with E-state index in [4.69, 9.17) is 25.8 Å². The number of nitrogens with one attached hydrogen (secondary N) is 1. The van der Waals surface area contributed by atoms with Gasteiger partial charge in [-0.2, -0.15) is 0 Å². The summed E-state index contributed by atoms with van der Waals surface area (Å²) in [5, 5.41) is 3.06. The Labute approximate surface area is 274 Å². The first kappa shape index (κ1) is 34.1. The number of anilines is 1. The molecule has 10 nitrogen and oxygen atoms in total. The lowest BCUT2D eigenvalue weighted by Gasteiger charge is -2.33. The van der Waals surface area contributed by atoms with Crippen molar-refractivity contribution in [2.75, 3.05) is 39.2 Å². The number of amides is 2. The number of methoxy groups -OCH3 is 3. The second-order valence-electron chi connectivity index (χ2n) is 10.2. The molecular weight excluding hydrogens is 630 g/mol. The van der Waals surface area contributed by atoms with Crippen LogP contribution in [0.3, 0.4) is 0 Å². The van der Waals surface area contributed by atoms with Gasteiger partial charge in [0.1, 0.15) is 18.3 Å². The Hall–Kier alpha value is -4.74. The van der Waals surface area contributed by atoms with Gasteiger partial charge in [-0.05, 0) is 59.7 Å². The number of hydrogen-bond donors (Lipinski definition) is 1. The third-order valence-corrected chi connectivity index (χ3v) is 9.36. The summed E-state index contributed by atoms with van der Waals surface area (Å²) in [5.41, 5.74) is 1.72. The smallest absolute Gasteiger partial charge is 0.264 e. The molecule has 0 saturated heterocycles. The Morgan fingerprint density at radius 2 is 1.48 bits per heavy atom. The molecule has 0 fully saturated rings. The lowest BCUT2D eigenvalue weighted by atomic mass is 10.0. The average Bonchev–Trinajstić information content (AvgIpc) is 3.08. The minimum atomic E-state index is -4.36.